The third-order valence-corrected chi connectivity index (χ3v) is 2.76. The van der Waals surface area contributed by atoms with Gasteiger partial charge in [0, 0.05) is 26.5 Å². The van der Waals surface area contributed by atoms with Gasteiger partial charge in [0.05, 0.1) is 17.9 Å². The van der Waals surface area contributed by atoms with E-state index < -0.39 is 5.97 Å². The SMILES string of the molecule is CCOC(=O)c1cnc(NC(=S)NCCCOC)nc1C. The van der Waals surface area contributed by atoms with Crippen molar-refractivity contribution in [1.82, 2.24) is 15.3 Å². The molecule has 0 saturated carbocycles. The third kappa shape index (κ3) is 6.01. The number of hydrogen-bond donors (Lipinski definition) is 2. The molecule has 0 bridgehead atoms. The molecule has 0 aliphatic carbocycles. The van der Waals surface area contributed by atoms with E-state index in [0.717, 1.165) is 6.42 Å². The summed E-state index contributed by atoms with van der Waals surface area (Å²) >= 11 is 5.12. The van der Waals surface area contributed by atoms with Crippen molar-refractivity contribution in [2.24, 2.45) is 0 Å². The second kappa shape index (κ2) is 9.19. The number of ether oxygens (including phenoxy) is 2. The van der Waals surface area contributed by atoms with Crippen LogP contribution in [0.1, 0.15) is 29.4 Å². The number of anilines is 1. The number of carbonyl (C=O) groups is 1. The highest BCUT2D eigenvalue weighted by Crippen LogP contribution is 2.08. The molecule has 7 nitrogen and oxygen atoms in total. The van der Waals surface area contributed by atoms with E-state index in [1.54, 1.807) is 21.0 Å². The number of methoxy groups -OCH3 is 1. The second-order valence-corrected chi connectivity index (χ2v) is 4.55. The molecule has 21 heavy (non-hydrogen) atoms. The molecule has 0 aliphatic heterocycles. The molecule has 0 atom stereocenters. The van der Waals surface area contributed by atoms with Crippen molar-refractivity contribution in [3.8, 4) is 0 Å². The van der Waals surface area contributed by atoms with Crippen molar-refractivity contribution in [2.75, 3.05) is 32.2 Å². The van der Waals surface area contributed by atoms with Gasteiger partial charge in [0.25, 0.3) is 0 Å². The second-order valence-electron chi connectivity index (χ2n) is 4.14. The normalized spacial score (nSPS) is 10.0. The number of carbonyl (C=O) groups excluding carboxylic acids is 1. The molecule has 1 aromatic rings. The average molecular weight is 312 g/mol. The maximum Gasteiger partial charge on any atom is 0.341 e. The van der Waals surface area contributed by atoms with Crippen LogP contribution in [0.3, 0.4) is 0 Å². The van der Waals surface area contributed by atoms with Gasteiger partial charge in [0.2, 0.25) is 5.95 Å². The molecule has 0 aromatic carbocycles. The minimum atomic E-state index is -0.429. The number of aromatic nitrogens is 2. The van der Waals surface area contributed by atoms with E-state index in [0.29, 0.717) is 42.1 Å². The Morgan fingerprint density at radius 1 is 1.48 bits per heavy atom. The number of rotatable bonds is 7. The summed E-state index contributed by atoms with van der Waals surface area (Å²) < 4.78 is 9.86. The molecule has 8 heteroatoms. The van der Waals surface area contributed by atoms with Crippen LogP contribution < -0.4 is 10.6 Å². The van der Waals surface area contributed by atoms with Crippen LogP contribution in [-0.2, 0) is 9.47 Å². The molecule has 0 saturated heterocycles. The fourth-order valence-electron chi connectivity index (χ4n) is 1.50. The minimum absolute atomic E-state index is 0.313. The van der Waals surface area contributed by atoms with Gasteiger partial charge in [-0.05, 0) is 32.5 Å². The van der Waals surface area contributed by atoms with E-state index >= 15 is 0 Å². The first-order valence-corrected chi connectivity index (χ1v) is 7.03. The lowest BCUT2D eigenvalue weighted by atomic mass is 10.2. The lowest BCUT2D eigenvalue weighted by Crippen LogP contribution is -2.30. The summed E-state index contributed by atoms with van der Waals surface area (Å²) in [5.74, 6) is -0.0911. The molecule has 1 rings (SSSR count). The Morgan fingerprint density at radius 3 is 2.86 bits per heavy atom. The van der Waals surface area contributed by atoms with Crippen LogP contribution in [0.5, 0.6) is 0 Å². The molecule has 1 aromatic heterocycles. The summed E-state index contributed by atoms with van der Waals surface area (Å²) in [6, 6.07) is 0. The summed E-state index contributed by atoms with van der Waals surface area (Å²) in [6.07, 6.45) is 2.27. The highest BCUT2D eigenvalue weighted by atomic mass is 32.1. The standard InChI is InChI=1S/C13H20N4O3S/c1-4-20-11(18)10-8-15-12(16-9(10)2)17-13(21)14-6-5-7-19-3/h8H,4-7H2,1-3H3,(H2,14,15,16,17,21). The number of nitrogens with zero attached hydrogens (tertiary/aromatic N) is 2. The van der Waals surface area contributed by atoms with Gasteiger partial charge >= 0.3 is 5.97 Å². The zero-order chi connectivity index (χ0) is 15.7. The summed E-state index contributed by atoms with van der Waals surface area (Å²) in [7, 11) is 1.65. The first kappa shape index (κ1) is 17.3. The Kier molecular flexibility index (Phi) is 7.55. The van der Waals surface area contributed by atoms with Crippen molar-refractivity contribution in [1.29, 1.82) is 0 Å². The van der Waals surface area contributed by atoms with Crippen LogP contribution in [0, 0.1) is 6.92 Å². The molecule has 0 fully saturated rings. The number of hydrogen-bond acceptors (Lipinski definition) is 6. The van der Waals surface area contributed by atoms with E-state index in [-0.39, 0.29) is 0 Å². The Labute approximate surface area is 129 Å². The zero-order valence-electron chi connectivity index (χ0n) is 12.4. The van der Waals surface area contributed by atoms with E-state index in [1.807, 2.05) is 0 Å². The van der Waals surface area contributed by atoms with Gasteiger partial charge < -0.3 is 20.1 Å². The van der Waals surface area contributed by atoms with Crippen LogP contribution >= 0.6 is 12.2 Å². The predicted octanol–water partition coefficient (Wildman–Crippen LogP) is 1.28. The Hall–Kier alpha value is -1.80. The molecule has 1 heterocycles. The van der Waals surface area contributed by atoms with Gasteiger partial charge in [-0.3, -0.25) is 0 Å². The van der Waals surface area contributed by atoms with Gasteiger partial charge in [-0.25, -0.2) is 14.8 Å². The fourth-order valence-corrected chi connectivity index (χ4v) is 1.69. The topological polar surface area (TPSA) is 85.4 Å². The van der Waals surface area contributed by atoms with E-state index in [4.69, 9.17) is 21.7 Å². The number of esters is 1. The van der Waals surface area contributed by atoms with E-state index in [2.05, 4.69) is 20.6 Å². The van der Waals surface area contributed by atoms with Crippen molar-refractivity contribution in [3.63, 3.8) is 0 Å². The molecule has 0 radical (unpaired) electrons. The Morgan fingerprint density at radius 2 is 2.24 bits per heavy atom. The Balaban J connectivity index is 2.55. The van der Waals surface area contributed by atoms with Crippen molar-refractivity contribution >= 4 is 29.2 Å². The molecule has 0 spiro atoms. The maximum atomic E-state index is 11.6. The van der Waals surface area contributed by atoms with Crippen molar-refractivity contribution < 1.29 is 14.3 Å². The van der Waals surface area contributed by atoms with Gasteiger partial charge in [0.1, 0.15) is 0 Å². The molecular weight excluding hydrogens is 292 g/mol. The monoisotopic (exact) mass is 312 g/mol. The van der Waals surface area contributed by atoms with Gasteiger partial charge in [-0.2, -0.15) is 0 Å². The molecular formula is C13H20N4O3S. The van der Waals surface area contributed by atoms with E-state index in [9.17, 15) is 4.79 Å². The summed E-state index contributed by atoms with van der Waals surface area (Å²) in [5.41, 5.74) is 0.884. The van der Waals surface area contributed by atoms with Crippen LogP contribution in [0.25, 0.3) is 0 Å². The first-order chi connectivity index (χ1) is 10.1. The van der Waals surface area contributed by atoms with Crippen molar-refractivity contribution in [2.45, 2.75) is 20.3 Å². The summed E-state index contributed by atoms with van der Waals surface area (Å²) in [4.78, 5) is 19.9. The quantitative estimate of drug-likeness (QED) is 0.442. The van der Waals surface area contributed by atoms with Crippen LogP contribution in [-0.4, -0.2) is 47.9 Å². The first-order valence-electron chi connectivity index (χ1n) is 6.63. The summed E-state index contributed by atoms with van der Waals surface area (Å²) in [5, 5.41) is 6.30. The smallest absolute Gasteiger partial charge is 0.341 e. The van der Waals surface area contributed by atoms with Crippen LogP contribution in [0.2, 0.25) is 0 Å². The zero-order valence-corrected chi connectivity index (χ0v) is 13.2. The summed E-state index contributed by atoms with van der Waals surface area (Å²) in [6.45, 7) is 5.14. The van der Waals surface area contributed by atoms with Gasteiger partial charge in [-0.1, -0.05) is 0 Å². The van der Waals surface area contributed by atoms with Crippen LogP contribution in [0.4, 0.5) is 5.95 Å². The fraction of sp³-hybridized carbons (Fsp3) is 0.538. The van der Waals surface area contributed by atoms with Gasteiger partial charge in [0.15, 0.2) is 5.11 Å². The molecule has 2 N–H and O–H groups in total. The third-order valence-electron chi connectivity index (χ3n) is 2.51. The minimum Gasteiger partial charge on any atom is -0.462 e. The molecule has 0 aliphatic rings. The number of thiocarbonyl (C=S) groups is 1. The largest absolute Gasteiger partial charge is 0.462 e. The lowest BCUT2D eigenvalue weighted by molar-refractivity contribution is 0.0524. The molecule has 116 valence electrons. The van der Waals surface area contributed by atoms with Crippen molar-refractivity contribution in [3.05, 3.63) is 17.5 Å². The highest BCUT2D eigenvalue weighted by Gasteiger charge is 2.12. The maximum absolute atomic E-state index is 11.6. The Bertz CT molecular complexity index is 496. The average Bonchev–Trinajstić information content (AvgIpc) is 2.44. The lowest BCUT2D eigenvalue weighted by Gasteiger charge is -2.10. The molecule has 0 unspecified atom stereocenters. The van der Waals surface area contributed by atoms with Gasteiger partial charge in [-0.15, -0.1) is 0 Å². The van der Waals surface area contributed by atoms with E-state index in [1.165, 1.54) is 6.20 Å². The number of aryl methyl sites for hydroxylation is 1. The molecule has 0 amide bonds. The van der Waals surface area contributed by atoms with Crippen LogP contribution in [0.15, 0.2) is 6.20 Å². The predicted molar refractivity (Wildman–Crippen MR) is 83.4 cm³/mol. The number of nitrogens with one attached hydrogen (secondary N) is 2. The highest BCUT2D eigenvalue weighted by molar-refractivity contribution is 7.80.